The van der Waals surface area contributed by atoms with E-state index in [0.29, 0.717) is 5.92 Å². The normalized spacial score (nSPS) is 22.3. The number of rotatable bonds is 5. The number of ether oxygens (including phenoxy) is 1. The first-order chi connectivity index (χ1) is 13.3. The molecule has 2 fully saturated rings. The van der Waals surface area contributed by atoms with E-state index in [0.717, 1.165) is 24.0 Å². The zero-order valence-corrected chi connectivity index (χ0v) is 16.5. The lowest BCUT2D eigenvalue weighted by Crippen LogP contribution is -2.43. The van der Waals surface area contributed by atoms with Crippen LogP contribution in [0, 0.1) is 5.92 Å². The van der Waals surface area contributed by atoms with E-state index in [1.165, 1.54) is 61.4 Å². The van der Waals surface area contributed by atoms with Gasteiger partial charge in [0.05, 0.1) is 12.8 Å². The van der Waals surface area contributed by atoms with Crippen LogP contribution in [0.4, 0.5) is 0 Å². The van der Waals surface area contributed by atoms with Crippen LogP contribution in [0.5, 0.6) is 5.75 Å². The van der Waals surface area contributed by atoms with Crippen molar-refractivity contribution in [3.8, 4) is 5.75 Å². The smallest absolute Gasteiger partial charge is 0.119 e. The van der Waals surface area contributed by atoms with Crippen LogP contribution < -0.4 is 4.74 Å². The Morgan fingerprint density at radius 3 is 2.52 bits per heavy atom. The average molecular weight is 367 g/mol. The monoisotopic (exact) mass is 366 g/mol. The highest BCUT2D eigenvalue weighted by Crippen LogP contribution is 2.30. The topological polar surface area (TPSA) is 34.1 Å². The van der Waals surface area contributed by atoms with Gasteiger partial charge in [-0.05, 0) is 61.2 Å². The van der Waals surface area contributed by atoms with E-state index < -0.39 is 0 Å². The minimum atomic E-state index is 0.440. The van der Waals surface area contributed by atoms with Gasteiger partial charge in [0.15, 0.2) is 0 Å². The molecule has 0 aromatic heterocycles. The third kappa shape index (κ3) is 3.96. The third-order valence-corrected chi connectivity index (χ3v) is 6.21. The molecule has 1 saturated heterocycles. The molecular formula is C23H30N2O2. The second kappa shape index (κ2) is 8.30. The maximum Gasteiger partial charge on any atom is 0.119 e. The van der Waals surface area contributed by atoms with E-state index in [-0.39, 0.29) is 0 Å². The summed E-state index contributed by atoms with van der Waals surface area (Å²) in [6.07, 6.45) is 7.93. The van der Waals surface area contributed by atoms with Crippen molar-refractivity contribution >= 4 is 16.5 Å². The summed E-state index contributed by atoms with van der Waals surface area (Å²) in [7, 11) is 3.36. The van der Waals surface area contributed by atoms with Crippen molar-refractivity contribution in [3.05, 3.63) is 42.0 Å². The number of nitrogens with zero attached hydrogens (tertiary/aromatic N) is 2. The Labute approximate surface area is 162 Å². The maximum atomic E-state index is 5.34. The van der Waals surface area contributed by atoms with Crippen LogP contribution >= 0.6 is 0 Å². The maximum absolute atomic E-state index is 5.34. The molecule has 1 aliphatic heterocycles. The summed E-state index contributed by atoms with van der Waals surface area (Å²) in [5.41, 5.74) is 2.27. The fraction of sp³-hybridized carbons (Fsp3) is 0.522. The molecule has 0 amide bonds. The van der Waals surface area contributed by atoms with E-state index in [1.807, 2.05) is 6.07 Å². The summed E-state index contributed by atoms with van der Waals surface area (Å²) in [4.78, 5) is 7.98. The number of piperidine rings is 1. The van der Waals surface area contributed by atoms with E-state index in [9.17, 15) is 0 Å². The highest BCUT2D eigenvalue weighted by Gasteiger charge is 2.31. The molecule has 27 heavy (non-hydrogen) atoms. The van der Waals surface area contributed by atoms with Crippen molar-refractivity contribution in [3.63, 3.8) is 0 Å². The standard InChI is InChI=1S/C23H30N2O2/c1-26-22-12-11-17-14-19(10-9-18(17)15-22)23(24-27-2)20-6-5-13-25(16-20)21-7-3-4-8-21/h9-12,14-15,20-21H,3-8,13,16H2,1-2H3/b24-23-. The summed E-state index contributed by atoms with van der Waals surface area (Å²) < 4.78 is 5.34. The molecule has 2 aromatic carbocycles. The molecule has 2 aliphatic rings. The number of hydrogen-bond donors (Lipinski definition) is 0. The summed E-state index contributed by atoms with van der Waals surface area (Å²) >= 11 is 0. The SMILES string of the molecule is CO/N=C(/c1ccc2cc(OC)ccc2c1)C1CCCN(C2CCCC2)C1. The minimum Gasteiger partial charge on any atom is -0.497 e. The third-order valence-electron chi connectivity index (χ3n) is 6.21. The fourth-order valence-corrected chi connectivity index (χ4v) is 4.80. The van der Waals surface area contributed by atoms with Crippen LogP contribution in [0.25, 0.3) is 10.8 Å². The number of oxime groups is 1. The zero-order valence-electron chi connectivity index (χ0n) is 16.5. The molecule has 1 aliphatic carbocycles. The molecule has 0 bridgehead atoms. The lowest BCUT2D eigenvalue weighted by molar-refractivity contribution is 0.143. The van der Waals surface area contributed by atoms with Crippen molar-refractivity contribution in [2.75, 3.05) is 27.3 Å². The lowest BCUT2D eigenvalue weighted by Gasteiger charge is -2.37. The van der Waals surface area contributed by atoms with Gasteiger partial charge >= 0.3 is 0 Å². The molecule has 4 rings (SSSR count). The highest BCUT2D eigenvalue weighted by molar-refractivity contribution is 6.04. The Morgan fingerprint density at radius 1 is 0.963 bits per heavy atom. The predicted octanol–water partition coefficient (Wildman–Crippen LogP) is 4.85. The predicted molar refractivity (Wildman–Crippen MR) is 111 cm³/mol. The van der Waals surface area contributed by atoms with Crippen molar-refractivity contribution in [1.82, 2.24) is 4.90 Å². The van der Waals surface area contributed by atoms with Gasteiger partial charge in [0.25, 0.3) is 0 Å². The summed E-state index contributed by atoms with van der Waals surface area (Å²) in [5.74, 6) is 1.33. The quantitative estimate of drug-likeness (QED) is 0.560. The summed E-state index contributed by atoms with van der Waals surface area (Å²) in [6, 6.07) is 13.6. The molecule has 1 heterocycles. The molecule has 1 atom stereocenters. The molecule has 0 N–H and O–H groups in total. The molecule has 0 spiro atoms. The van der Waals surface area contributed by atoms with Gasteiger partial charge in [-0.25, -0.2) is 0 Å². The van der Waals surface area contributed by atoms with Gasteiger partial charge in [0.1, 0.15) is 12.9 Å². The van der Waals surface area contributed by atoms with Crippen molar-refractivity contribution in [2.24, 2.45) is 11.1 Å². The molecule has 0 radical (unpaired) electrons. The summed E-state index contributed by atoms with van der Waals surface area (Å²) in [6.45, 7) is 2.34. The summed E-state index contributed by atoms with van der Waals surface area (Å²) in [5, 5.41) is 6.88. The van der Waals surface area contributed by atoms with Crippen LogP contribution in [-0.4, -0.2) is 44.0 Å². The number of fused-ring (bicyclic) bond motifs is 1. The first-order valence-corrected chi connectivity index (χ1v) is 10.2. The van der Waals surface area contributed by atoms with E-state index in [1.54, 1.807) is 14.2 Å². The number of hydrogen-bond acceptors (Lipinski definition) is 4. The molecule has 1 unspecified atom stereocenters. The number of benzene rings is 2. The molecule has 1 saturated carbocycles. The van der Waals surface area contributed by atoms with Crippen molar-refractivity contribution < 1.29 is 9.57 Å². The fourth-order valence-electron chi connectivity index (χ4n) is 4.80. The number of likely N-dealkylation sites (tertiary alicyclic amines) is 1. The highest BCUT2D eigenvalue weighted by atomic mass is 16.6. The van der Waals surface area contributed by atoms with Crippen LogP contribution in [0.3, 0.4) is 0 Å². The van der Waals surface area contributed by atoms with Gasteiger partial charge < -0.3 is 9.57 Å². The molecular weight excluding hydrogens is 336 g/mol. The average Bonchev–Trinajstić information content (AvgIpc) is 3.26. The Balaban J connectivity index is 1.60. The molecule has 2 aromatic rings. The van der Waals surface area contributed by atoms with E-state index >= 15 is 0 Å². The van der Waals surface area contributed by atoms with Crippen molar-refractivity contribution in [2.45, 2.75) is 44.6 Å². The van der Waals surface area contributed by atoms with Gasteiger partial charge in [-0.15, -0.1) is 0 Å². The van der Waals surface area contributed by atoms with E-state index in [4.69, 9.17) is 9.57 Å². The second-order valence-corrected chi connectivity index (χ2v) is 7.86. The molecule has 4 heteroatoms. The molecule has 4 nitrogen and oxygen atoms in total. The van der Waals surface area contributed by atoms with Gasteiger partial charge in [0, 0.05) is 24.1 Å². The van der Waals surface area contributed by atoms with Gasteiger partial charge in [-0.3, -0.25) is 4.90 Å². The largest absolute Gasteiger partial charge is 0.497 e. The Hall–Kier alpha value is -2.07. The van der Waals surface area contributed by atoms with Crippen LogP contribution in [0.15, 0.2) is 41.6 Å². The van der Waals surface area contributed by atoms with Crippen LogP contribution in [0.1, 0.15) is 44.1 Å². The Morgan fingerprint density at radius 2 is 1.74 bits per heavy atom. The first-order valence-electron chi connectivity index (χ1n) is 10.2. The van der Waals surface area contributed by atoms with Gasteiger partial charge in [-0.1, -0.05) is 36.2 Å². The van der Waals surface area contributed by atoms with E-state index in [2.05, 4.69) is 40.4 Å². The first kappa shape index (κ1) is 18.3. The minimum absolute atomic E-state index is 0.440. The van der Waals surface area contributed by atoms with Crippen LogP contribution in [-0.2, 0) is 4.84 Å². The Kier molecular flexibility index (Phi) is 5.63. The second-order valence-electron chi connectivity index (χ2n) is 7.86. The lowest BCUT2D eigenvalue weighted by atomic mass is 9.87. The van der Waals surface area contributed by atoms with Gasteiger partial charge in [0.2, 0.25) is 0 Å². The Bertz CT molecular complexity index is 811. The zero-order chi connectivity index (χ0) is 18.6. The van der Waals surface area contributed by atoms with Gasteiger partial charge in [-0.2, -0.15) is 0 Å². The molecule has 144 valence electrons. The van der Waals surface area contributed by atoms with Crippen LogP contribution in [0.2, 0.25) is 0 Å². The number of methoxy groups -OCH3 is 1. The van der Waals surface area contributed by atoms with Crippen molar-refractivity contribution in [1.29, 1.82) is 0 Å².